The highest BCUT2D eigenvalue weighted by Crippen LogP contribution is 2.28. The zero-order valence-electron chi connectivity index (χ0n) is 9.58. The van der Waals surface area contributed by atoms with E-state index in [4.69, 9.17) is 13.9 Å². The molecule has 0 aliphatic carbocycles. The molecule has 0 saturated carbocycles. The van der Waals surface area contributed by atoms with Gasteiger partial charge in [-0.15, -0.1) is 10.2 Å². The molecule has 0 fully saturated rings. The number of ether oxygens (including phenoxy) is 2. The summed E-state index contributed by atoms with van der Waals surface area (Å²) >= 11 is 0. The first-order valence-electron chi connectivity index (χ1n) is 5.00. The van der Waals surface area contributed by atoms with E-state index in [0.717, 1.165) is 5.56 Å². The van der Waals surface area contributed by atoms with Crippen molar-refractivity contribution in [3.63, 3.8) is 0 Å². The minimum absolute atomic E-state index is 0.458. The van der Waals surface area contributed by atoms with Gasteiger partial charge in [0.25, 0.3) is 0 Å². The van der Waals surface area contributed by atoms with Crippen LogP contribution in [0.2, 0.25) is 0 Å². The zero-order chi connectivity index (χ0) is 12.1. The molecule has 5 nitrogen and oxygen atoms in total. The number of benzene rings is 1. The van der Waals surface area contributed by atoms with Crippen molar-refractivity contribution in [3.05, 3.63) is 36.0 Å². The van der Waals surface area contributed by atoms with Gasteiger partial charge in [0.15, 0.2) is 11.5 Å². The van der Waals surface area contributed by atoms with E-state index >= 15 is 0 Å². The van der Waals surface area contributed by atoms with Gasteiger partial charge in [0, 0.05) is 6.08 Å². The fraction of sp³-hybridized carbons (Fsp3) is 0.167. The van der Waals surface area contributed by atoms with Crippen LogP contribution in [0.4, 0.5) is 0 Å². The van der Waals surface area contributed by atoms with Gasteiger partial charge in [0.1, 0.15) is 0 Å². The monoisotopic (exact) mass is 232 g/mol. The molecule has 0 amide bonds. The molecule has 1 aromatic carbocycles. The number of methoxy groups -OCH3 is 2. The molecule has 88 valence electrons. The van der Waals surface area contributed by atoms with Gasteiger partial charge in [-0.2, -0.15) is 0 Å². The molecule has 0 bridgehead atoms. The van der Waals surface area contributed by atoms with Crippen LogP contribution in [-0.4, -0.2) is 24.4 Å². The Morgan fingerprint density at radius 3 is 2.59 bits per heavy atom. The Morgan fingerprint density at radius 2 is 1.94 bits per heavy atom. The molecule has 0 aliphatic rings. The second kappa shape index (κ2) is 5.16. The predicted octanol–water partition coefficient (Wildman–Crippen LogP) is 2.26. The van der Waals surface area contributed by atoms with Gasteiger partial charge in [0.05, 0.1) is 14.2 Å². The number of hydrogen-bond donors (Lipinski definition) is 0. The maximum absolute atomic E-state index is 5.20. The predicted molar refractivity (Wildman–Crippen MR) is 62.8 cm³/mol. The highest BCUT2D eigenvalue weighted by molar-refractivity contribution is 5.67. The summed E-state index contributed by atoms with van der Waals surface area (Å²) in [6.07, 6.45) is 4.87. The van der Waals surface area contributed by atoms with Crippen LogP contribution in [0.5, 0.6) is 11.5 Å². The first kappa shape index (κ1) is 11.2. The molecule has 0 saturated heterocycles. The van der Waals surface area contributed by atoms with E-state index in [0.29, 0.717) is 17.4 Å². The topological polar surface area (TPSA) is 57.4 Å². The Morgan fingerprint density at radius 1 is 1.12 bits per heavy atom. The lowest BCUT2D eigenvalue weighted by Gasteiger charge is -2.07. The average Bonchev–Trinajstić information content (AvgIpc) is 2.89. The Bertz CT molecular complexity index is 506. The summed E-state index contributed by atoms with van der Waals surface area (Å²) in [7, 11) is 3.20. The normalized spacial score (nSPS) is 10.7. The van der Waals surface area contributed by atoms with Crippen molar-refractivity contribution in [3.8, 4) is 11.5 Å². The van der Waals surface area contributed by atoms with E-state index in [-0.39, 0.29) is 0 Å². The van der Waals surface area contributed by atoms with E-state index in [9.17, 15) is 0 Å². The van der Waals surface area contributed by atoms with Crippen LogP contribution in [0, 0.1) is 0 Å². The van der Waals surface area contributed by atoms with E-state index < -0.39 is 0 Å². The molecule has 0 spiro atoms. The van der Waals surface area contributed by atoms with Crippen LogP contribution in [0.25, 0.3) is 12.2 Å². The number of rotatable bonds is 4. The van der Waals surface area contributed by atoms with Gasteiger partial charge in [-0.3, -0.25) is 0 Å². The van der Waals surface area contributed by atoms with Crippen molar-refractivity contribution in [1.82, 2.24) is 10.2 Å². The first-order valence-corrected chi connectivity index (χ1v) is 5.00. The van der Waals surface area contributed by atoms with E-state index in [1.54, 1.807) is 20.3 Å². The van der Waals surface area contributed by atoms with Gasteiger partial charge in [-0.05, 0) is 23.8 Å². The lowest BCUT2D eigenvalue weighted by Crippen LogP contribution is -1.90. The summed E-state index contributed by atoms with van der Waals surface area (Å²) in [4.78, 5) is 0. The molecular weight excluding hydrogens is 220 g/mol. The Hall–Kier alpha value is -2.30. The molecular formula is C12H12N2O3. The van der Waals surface area contributed by atoms with Crippen LogP contribution >= 0.6 is 0 Å². The zero-order valence-corrected chi connectivity index (χ0v) is 9.58. The summed E-state index contributed by atoms with van der Waals surface area (Å²) in [6.45, 7) is 0. The van der Waals surface area contributed by atoms with Crippen molar-refractivity contribution in [1.29, 1.82) is 0 Å². The molecule has 1 heterocycles. The molecule has 0 radical (unpaired) electrons. The van der Waals surface area contributed by atoms with Crippen molar-refractivity contribution in [2.24, 2.45) is 0 Å². The number of hydrogen-bond acceptors (Lipinski definition) is 5. The molecule has 2 aromatic rings. The molecule has 0 atom stereocenters. The molecule has 5 heteroatoms. The van der Waals surface area contributed by atoms with Crippen molar-refractivity contribution in [2.45, 2.75) is 0 Å². The first-order chi connectivity index (χ1) is 8.33. The third kappa shape index (κ3) is 2.63. The van der Waals surface area contributed by atoms with Crippen LogP contribution in [0.3, 0.4) is 0 Å². The smallest absolute Gasteiger partial charge is 0.240 e. The molecule has 17 heavy (non-hydrogen) atoms. The highest BCUT2D eigenvalue weighted by atomic mass is 16.5. The van der Waals surface area contributed by atoms with Gasteiger partial charge in [0.2, 0.25) is 12.3 Å². The Labute approximate surface area is 98.7 Å². The lowest BCUT2D eigenvalue weighted by atomic mass is 10.2. The van der Waals surface area contributed by atoms with Crippen molar-refractivity contribution >= 4 is 12.2 Å². The Kier molecular flexibility index (Phi) is 3.40. The maximum atomic E-state index is 5.20. The Balaban J connectivity index is 2.22. The van der Waals surface area contributed by atoms with Crippen molar-refractivity contribution < 1.29 is 13.9 Å². The highest BCUT2D eigenvalue weighted by Gasteiger charge is 2.02. The standard InChI is InChI=1S/C12H12N2O3/c1-15-10-5-3-9(7-11(10)16-2)4-6-12-14-13-8-17-12/h3-8H,1-2H3. The minimum Gasteiger partial charge on any atom is -0.493 e. The quantitative estimate of drug-likeness (QED) is 0.809. The van der Waals surface area contributed by atoms with Crippen LogP contribution in [0.1, 0.15) is 11.5 Å². The second-order valence-electron chi connectivity index (χ2n) is 3.22. The fourth-order valence-corrected chi connectivity index (χ4v) is 1.38. The third-order valence-corrected chi connectivity index (χ3v) is 2.20. The van der Waals surface area contributed by atoms with E-state index in [1.807, 2.05) is 24.3 Å². The van der Waals surface area contributed by atoms with Crippen LogP contribution in [-0.2, 0) is 0 Å². The minimum atomic E-state index is 0.458. The SMILES string of the molecule is COc1ccc(C=Cc2nnco2)cc1OC. The van der Waals surface area contributed by atoms with E-state index in [1.165, 1.54) is 6.39 Å². The van der Waals surface area contributed by atoms with Crippen molar-refractivity contribution in [2.75, 3.05) is 14.2 Å². The van der Waals surface area contributed by atoms with E-state index in [2.05, 4.69) is 10.2 Å². The molecule has 0 aliphatic heterocycles. The average molecular weight is 232 g/mol. The largest absolute Gasteiger partial charge is 0.493 e. The van der Waals surface area contributed by atoms with Gasteiger partial charge < -0.3 is 13.9 Å². The third-order valence-electron chi connectivity index (χ3n) is 2.20. The summed E-state index contributed by atoms with van der Waals surface area (Å²) in [5.74, 6) is 1.84. The van der Waals surface area contributed by atoms with Gasteiger partial charge >= 0.3 is 0 Å². The summed E-state index contributed by atoms with van der Waals surface area (Å²) in [5, 5.41) is 7.33. The molecule has 0 N–H and O–H groups in total. The summed E-state index contributed by atoms with van der Waals surface area (Å²) in [6, 6.07) is 5.62. The van der Waals surface area contributed by atoms with Crippen LogP contribution in [0.15, 0.2) is 29.0 Å². The molecule has 0 unspecified atom stereocenters. The number of nitrogens with zero attached hydrogens (tertiary/aromatic N) is 2. The van der Waals surface area contributed by atoms with Gasteiger partial charge in [-0.25, -0.2) is 0 Å². The van der Waals surface area contributed by atoms with Crippen LogP contribution < -0.4 is 9.47 Å². The fourth-order valence-electron chi connectivity index (χ4n) is 1.38. The number of aromatic nitrogens is 2. The second-order valence-corrected chi connectivity index (χ2v) is 3.22. The lowest BCUT2D eigenvalue weighted by molar-refractivity contribution is 0.355. The van der Waals surface area contributed by atoms with Gasteiger partial charge in [-0.1, -0.05) is 6.07 Å². The summed E-state index contributed by atoms with van der Waals surface area (Å²) in [5.41, 5.74) is 0.959. The molecule has 2 rings (SSSR count). The summed E-state index contributed by atoms with van der Waals surface area (Å²) < 4.78 is 15.3. The maximum Gasteiger partial charge on any atom is 0.240 e. The molecule has 1 aromatic heterocycles.